The molecule has 188 valence electrons. The molecule has 0 atom stereocenters. The Kier molecular flexibility index (Phi) is 6.19. The summed E-state index contributed by atoms with van der Waals surface area (Å²) in [5.74, 6) is 0.853. The summed E-state index contributed by atoms with van der Waals surface area (Å²) in [5, 5.41) is 4.51. The molecule has 4 aromatic rings. The number of hydrogen-bond donors (Lipinski definition) is 0. The van der Waals surface area contributed by atoms with Crippen LogP contribution in [0.3, 0.4) is 0 Å². The number of hydrogen-bond acceptors (Lipinski definition) is 8. The number of aromatic nitrogens is 4. The Hall–Kier alpha value is -3.47. The minimum atomic E-state index is -3.59. The van der Waals surface area contributed by atoms with Crippen molar-refractivity contribution in [1.29, 1.82) is 0 Å². The van der Waals surface area contributed by atoms with Crippen molar-refractivity contribution in [1.82, 2.24) is 20.1 Å². The lowest BCUT2D eigenvalue weighted by molar-refractivity contribution is 0.326. The van der Waals surface area contributed by atoms with Crippen molar-refractivity contribution < 1.29 is 21.7 Å². The highest BCUT2D eigenvalue weighted by Crippen LogP contribution is 2.36. The van der Waals surface area contributed by atoms with Crippen LogP contribution in [0.4, 0.5) is 14.6 Å². The Morgan fingerprint density at radius 3 is 2.44 bits per heavy atom. The zero-order valence-electron chi connectivity index (χ0n) is 20.1. The van der Waals surface area contributed by atoms with Gasteiger partial charge in [0.2, 0.25) is 5.89 Å². The van der Waals surface area contributed by atoms with Crippen LogP contribution in [0.15, 0.2) is 46.1 Å². The van der Waals surface area contributed by atoms with Gasteiger partial charge in [0.1, 0.15) is 23.8 Å². The monoisotopic (exact) mass is 513 g/mol. The van der Waals surface area contributed by atoms with Gasteiger partial charge >= 0.3 is 0 Å². The van der Waals surface area contributed by atoms with Crippen LogP contribution in [-0.2, 0) is 9.84 Å². The molecular formula is C25H25F2N5O3S. The van der Waals surface area contributed by atoms with E-state index in [1.807, 2.05) is 18.7 Å². The molecule has 0 radical (unpaired) electrons. The Bertz CT molecular complexity index is 1550. The SMILES string of the molecule is CC(C)c1noc(C2CCN(c3ncnc4c(-c5ccc(S(C)(=O)=O)cc5F)cc(F)cc34)CC2)n1. The minimum absolute atomic E-state index is 0.0626. The average molecular weight is 514 g/mol. The van der Waals surface area contributed by atoms with Crippen LogP contribution in [0.1, 0.15) is 50.2 Å². The summed E-state index contributed by atoms with van der Waals surface area (Å²) < 4.78 is 58.8. The van der Waals surface area contributed by atoms with Crippen molar-refractivity contribution in [2.24, 2.45) is 0 Å². The predicted octanol–water partition coefficient (Wildman–Crippen LogP) is 4.87. The molecule has 1 aliphatic heterocycles. The molecule has 1 saturated heterocycles. The van der Waals surface area contributed by atoms with E-state index in [2.05, 4.69) is 20.1 Å². The molecule has 1 aliphatic rings. The van der Waals surface area contributed by atoms with Crippen LogP contribution in [0.5, 0.6) is 0 Å². The second-order valence-electron chi connectivity index (χ2n) is 9.37. The van der Waals surface area contributed by atoms with Gasteiger partial charge in [0, 0.05) is 47.7 Å². The molecule has 11 heteroatoms. The molecule has 0 unspecified atom stereocenters. The van der Waals surface area contributed by atoms with Gasteiger partial charge in [0.05, 0.1) is 10.4 Å². The second kappa shape index (κ2) is 9.20. The summed E-state index contributed by atoms with van der Waals surface area (Å²) in [6, 6.07) is 6.13. The highest BCUT2D eigenvalue weighted by atomic mass is 32.2. The van der Waals surface area contributed by atoms with E-state index in [4.69, 9.17) is 4.52 Å². The van der Waals surface area contributed by atoms with E-state index < -0.39 is 21.5 Å². The fraction of sp³-hybridized carbons (Fsp3) is 0.360. The van der Waals surface area contributed by atoms with E-state index in [1.165, 1.54) is 30.6 Å². The number of halogens is 2. The van der Waals surface area contributed by atoms with Gasteiger partial charge in [0.15, 0.2) is 15.7 Å². The van der Waals surface area contributed by atoms with Crippen molar-refractivity contribution in [2.45, 2.75) is 43.4 Å². The van der Waals surface area contributed by atoms with Gasteiger partial charge in [-0.25, -0.2) is 27.2 Å². The lowest BCUT2D eigenvalue weighted by Gasteiger charge is -2.32. The van der Waals surface area contributed by atoms with Gasteiger partial charge < -0.3 is 9.42 Å². The van der Waals surface area contributed by atoms with Crippen LogP contribution in [0.2, 0.25) is 0 Å². The Morgan fingerprint density at radius 1 is 1.06 bits per heavy atom. The number of nitrogens with zero attached hydrogens (tertiary/aromatic N) is 5. The van der Waals surface area contributed by atoms with Crippen molar-refractivity contribution in [3.63, 3.8) is 0 Å². The second-order valence-corrected chi connectivity index (χ2v) is 11.4. The molecule has 8 nitrogen and oxygen atoms in total. The van der Waals surface area contributed by atoms with E-state index in [1.54, 1.807) is 0 Å². The molecule has 0 aliphatic carbocycles. The maximum atomic E-state index is 15.0. The number of rotatable bonds is 5. The molecule has 1 fully saturated rings. The normalized spacial score (nSPS) is 15.2. The van der Waals surface area contributed by atoms with Gasteiger partial charge in [-0.05, 0) is 37.1 Å². The first-order valence-corrected chi connectivity index (χ1v) is 13.5. The summed E-state index contributed by atoms with van der Waals surface area (Å²) >= 11 is 0. The first-order valence-electron chi connectivity index (χ1n) is 11.6. The largest absolute Gasteiger partial charge is 0.356 e. The summed E-state index contributed by atoms with van der Waals surface area (Å²) in [6.45, 7) is 5.30. The molecule has 2 aromatic carbocycles. The standard InChI is InChI=1S/C25H25F2N5O3S/c1-14(2)23-30-25(35-31-23)15-6-8-32(9-7-15)24-20-11-16(26)10-19(22(20)28-13-29-24)18-5-4-17(12-21(18)27)36(3,33)34/h4-5,10-15H,6-9H2,1-3H3. The lowest BCUT2D eigenvalue weighted by Crippen LogP contribution is -2.33. The van der Waals surface area contributed by atoms with Crippen molar-refractivity contribution in [2.75, 3.05) is 24.2 Å². The van der Waals surface area contributed by atoms with E-state index in [9.17, 15) is 17.2 Å². The number of anilines is 1. The van der Waals surface area contributed by atoms with E-state index in [-0.39, 0.29) is 27.9 Å². The number of sulfone groups is 1. The van der Waals surface area contributed by atoms with Gasteiger partial charge in [0.25, 0.3) is 0 Å². The van der Waals surface area contributed by atoms with Crippen LogP contribution in [-0.4, -0.2) is 47.9 Å². The van der Waals surface area contributed by atoms with Crippen LogP contribution in [0.25, 0.3) is 22.0 Å². The molecule has 0 spiro atoms. The maximum Gasteiger partial charge on any atom is 0.229 e. The fourth-order valence-electron chi connectivity index (χ4n) is 4.51. The zero-order valence-corrected chi connectivity index (χ0v) is 20.9. The molecule has 0 saturated carbocycles. The first-order chi connectivity index (χ1) is 17.1. The van der Waals surface area contributed by atoms with Gasteiger partial charge in [-0.3, -0.25) is 0 Å². The molecular weight excluding hydrogens is 488 g/mol. The Balaban J connectivity index is 1.47. The third kappa shape index (κ3) is 4.55. The molecule has 0 amide bonds. The maximum absolute atomic E-state index is 15.0. The summed E-state index contributed by atoms with van der Waals surface area (Å²) in [4.78, 5) is 15.2. The van der Waals surface area contributed by atoms with Crippen molar-refractivity contribution in [3.8, 4) is 11.1 Å². The molecule has 5 rings (SSSR count). The number of piperidine rings is 1. The average Bonchev–Trinajstić information content (AvgIpc) is 3.34. The topological polar surface area (TPSA) is 102 Å². The minimum Gasteiger partial charge on any atom is -0.356 e. The number of benzene rings is 2. The van der Waals surface area contributed by atoms with Gasteiger partial charge in [-0.2, -0.15) is 4.98 Å². The van der Waals surface area contributed by atoms with E-state index in [0.29, 0.717) is 41.5 Å². The fourth-order valence-corrected chi connectivity index (χ4v) is 5.14. The van der Waals surface area contributed by atoms with Crippen LogP contribution >= 0.6 is 0 Å². The Morgan fingerprint density at radius 2 is 1.81 bits per heavy atom. The van der Waals surface area contributed by atoms with E-state index >= 15 is 0 Å². The third-order valence-electron chi connectivity index (χ3n) is 6.46. The number of fused-ring (bicyclic) bond motifs is 1. The smallest absolute Gasteiger partial charge is 0.229 e. The van der Waals surface area contributed by atoms with Gasteiger partial charge in [-0.15, -0.1) is 0 Å². The quantitative estimate of drug-likeness (QED) is 0.373. The molecule has 3 heterocycles. The molecule has 36 heavy (non-hydrogen) atoms. The summed E-state index contributed by atoms with van der Waals surface area (Å²) in [6.07, 6.45) is 3.90. The van der Waals surface area contributed by atoms with Crippen molar-refractivity contribution in [3.05, 3.63) is 60.0 Å². The van der Waals surface area contributed by atoms with Crippen LogP contribution < -0.4 is 4.90 Å². The molecule has 0 N–H and O–H groups in total. The highest BCUT2D eigenvalue weighted by Gasteiger charge is 2.28. The highest BCUT2D eigenvalue weighted by molar-refractivity contribution is 7.90. The molecule has 0 bridgehead atoms. The third-order valence-corrected chi connectivity index (χ3v) is 7.57. The van der Waals surface area contributed by atoms with E-state index in [0.717, 1.165) is 25.2 Å². The van der Waals surface area contributed by atoms with Crippen molar-refractivity contribution >= 4 is 26.6 Å². The Labute approximate surface area is 207 Å². The first kappa shape index (κ1) is 24.2. The lowest BCUT2D eigenvalue weighted by atomic mass is 9.96. The zero-order chi connectivity index (χ0) is 25.6. The van der Waals surface area contributed by atoms with Crippen LogP contribution in [0, 0.1) is 11.6 Å². The summed E-state index contributed by atoms with van der Waals surface area (Å²) in [7, 11) is -3.59. The van der Waals surface area contributed by atoms with Gasteiger partial charge in [-0.1, -0.05) is 25.1 Å². The molecule has 2 aromatic heterocycles. The summed E-state index contributed by atoms with van der Waals surface area (Å²) in [5.41, 5.74) is 0.675. The predicted molar refractivity (Wildman–Crippen MR) is 131 cm³/mol.